The molecule has 1 aromatic heterocycles. The van der Waals surface area contributed by atoms with Gasteiger partial charge in [-0.05, 0) is 19.2 Å². The molecule has 0 fully saturated rings. The molecule has 0 aliphatic rings. The van der Waals surface area contributed by atoms with Gasteiger partial charge in [0.2, 0.25) is 0 Å². The number of nitriles is 1. The van der Waals surface area contributed by atoms with Crippen LogP contribution in [0.4, 0.5) is 10.8 Å². The molecule has 18 heavy (non-hydrogen) atoms. The zero-order valence-corrected chi connectivity index (χ0v) is 11.2. The number of nitrogens with one attached hydrogen (secondary N) is 1. The van der Waals surface area contributed by atoms with Gasteiger partial charge in [-0.15, -0.1) is 11.3 Å². The summed E-state index contributed by atoms with van der Waals surface area (Å²) in [5.74, 6) is 0. The Labute approximate surface area is 111 Å². The maximum absolute atomic E-state index is 9.10. The lowest BCUT2D eigenvalue weighted by molar-refractivity contribution is 0.797. The van der Waals surface area contributed by atoms with Gasteiger partial charge in [0.1, 0.15) is 6.07 Å². The van der Waals surface area contributed by atoms with Crippen molar-refractivity contribution < 1.29 is 0 Å². The van der Waals surface area contributed by atoms with Gasteiger partial charge in [0.15, 0.2) is 5.13 Å². The van der Waals surface area contributed by atoms with E-state index in [-0.39, 0.29) is 0 Å². The molecule has 1 N–H and O–H groups in total. The van der Waals surface area contributed by atoms with Crippen molar-refractivity contribution in [3.63, 3.8) is 0 Å². The molecular formula is C13H14N4S. The Bertz CT molecular complexity index is 570. The molecule has 0 spiro atoms. The summed E-state index contributed by atoms with van der Waals surface area (Å²) in [4.78, 5) is 6.47. The van der Waals surface area contributed by atoms with Crippen LogP contribution in [-0.2, 0) is 6.54 Å². The summed E-state index contributed by atoms with van der Waals surface area (Å²) in [6.45, 7) is 0.754. The summed E-state index contributed by atoms with van der Waals surface area (Å²) < 4.78 is 0. The number of hydrogen-bond donors (Lipinski definition) is 1. The van der Waals surface area contributed by atoms with E-state index in [1.165, 1.54) is 0 Å². The average molecular weight is 258 g/mol. The van der Waals surface area contributed by atoms with Crippen LogP contribution in [-0.4, -0.2) is 19.1 Å². The smallest absolute Gasteiger partial charge is 0.189 e. The molecule has 0 aliphatic carbocycles. The molecule has 0 atom stereocenters. The molecule has 0 aliphatic heterocycles. The highest BCUT2D eigenvalue weighted by Crippen LogP contribution is 2.29. The van der Waals surface area contributed by atoms with E-state index in [9.17, 15) is 0 Å². The first-order valence-corrected chi connectivity index (χ1v) is 6.46. The molecule has 0 amide bonds. The number of nitrogens with zero attached hydrogens (tertiary/aromatic N) is 3. The lowest BCUT2D eigenvalue weighted by Crippen LogP contribution is -2.11. The number of rotatable bonds is 4. The second-order valence-corrected chi connectivity index (χ2v) is 4.68. The van der Waals surface area contributed by atoms with Gasteiger partial charge in [0.25, 0.3) is 0 Å². The minimum absolute atomic E-state index is 0.658. The summed E-state index contributed by atoms with van der Waals surface area (Å²) in [7, 11) is 3.83. The van der Waals surface area contributed by atoms with Gasteiger partial charge in [-0.3, -0.25) is 0 Å². The van der Waals surface area contributed by atoms with Gasteiger partial charge < -0.3 is 10.2 Å². The minimum Gasteiger partial charge on any atom is -0.320 e. The maximum Gasteiger partial charge on any atom is 0.189 e. The van der Waals surface area contributed by atoms with Gasteiger partial charge in [-0.1, -0.05) is 12.1 Å². The van der Waals surface area contributed by atoms with Crippen LogP contribution in [0.3, 0.4) is 0 Å². The number of benzene rings is 1. The van der Waals surface area contributed by atoms with E-state index < -0.39 is 0 Å². The summed E-state index contributed by atoms with van der Waals surface area (Å²) in [5.41, 5.74) is 2.55. The van der Waals surface area contributed by atoms with E-state index in [1.54, 1.807) is 11.3 Å². The molecule has 0 radical (unpaired) electrons. The number of hydrogen-bond acceptors (Lipinski definition) is 5. The zero-order chi connectivity index (χ0) is 13.0. The Morgan fingerprint density at radius 1 is 1.44 bits per heavy atom. The first-order chi connectivity index (χ1) is 8.76. The Hall–Kier alpha value is -1.90. The number of para-hydroxylation sites is 1. The Kier molecular flexibility index (Phi) is 3.92. The van der Waals surface area contributed by atoms with Crippen LogP contribution in [0.25, 0.3) is 0 Å². The predicted molar refractivity (Wildman–Crippen MR) is 74.1 cm³/mol. The van der Waals surface area contributed by atoms with Crippen LogP contribution >= 0.6 is 11.3 Å². The second kappa shape index (κ2) is 5.63. The Morgan fingerprint density at radius 3 is 2.94 bits per heavy atom. The average Bonchev–Trinajstić information content (AvgIpc) is 2.87. The van der Waals surface area contributed by atoms with Crippen LogP contribution < -0.4 is 10.2 Å². The molecule has 4 nitrogen and oxygen atoms in total. The van der Waals surface area contributed by atoms with E-state index in [1.807, 2.05) is 48.6 Å². The van der Waals surface area contributed by atoms with Crippen LogP contribution in [0.2, 0.25) is 0 Å². The monoisotopic (exact) mass is 258 g/mol. The zero-order valence-electron chi connectivity index (χ0n) is 10.3. The van der Waals surface area contributed by atoms with Gasteiger partial charge in [-0.2, -0.15) is 5.26 Å². The number of thiazole rings is 1. The highest BCUT2D eigenvalue weighted by molar-refractivity contribution is 7.13. The van der Waals surface area contributed by atoms with E-state index in [0.717, 1.165) is 23.1 Å². The predicted octanol–water partition coefficient (Wildman–Crippen LogP) is 2.50. The van der Waals surface area contributed by atoms with Gasteiger partial charge in [-0.25, -0.2) is 4.98 Å². The Morgan fingerprint density at radius 2 is 2.22 bits per heavy atom. The van der Waals surface area contributed by atoms with Crippen LogP contribution in [0.1, 0.15) is 11.3 Å². The summed E-state index contributed by atoms with van der Waals surface area (Å²) in [5, 5.41) is 15.1. The highest BCUT2D eigenvalue weighted by Gasteiger charge is 2.11. The highest BCUT2D eigenvalue weighted by atomic mass is 32.1. The second-order valence-electron chi connectivity index (χ2n) is 3.84. The van der Waals surface area contributed by atoms with Gasteiger partial charge in [0, 0.05) is 19.0 Å². The van der Waals surface area contributed by atoms with E-state index in [4.69, 9.17) is 5.26 Å². The molecule has 1 heterocycles. The SMILES string of the molecule is CNCc1csc(N(C)c2ccccc2C#N)n1. The van der Waals surface area contributed by atoms with Gasteiger partial charge >= 0.3 is 0 Å². The minimum atomic E-state index is 0.658. The molecule has 0 saturated heterocycles. The van der Waals surface area contributed by atoms with Crippen LogP contribution in [0.5, 0.6) is 0 Å². The molecule has 1 aromatic carbocycles. The lowest BCUT2D eigenvalue weighted by atomic mass is 10.2. The normalized spacial score (nSPS) is 10.1. The van der Waals surface area contributed by atoms with Crippen molar-refractivity contribution in [2.45, 2.75) is 6.54 Å². The van der Waals surface area contributed by atoms with Crippen molar-refractivity contribution in [1.29, 1.82) is 5.26 Å². The van der Waals surface area contributed by atoms with E-state index >= 15 is 0 Å². The maximum atomic E-state index is 9.10. The fourth-order valence-electron chi connectivity index (χ4n) is 1.68. The van der Waals surface area contributed by atoms with Crippen molar-refractivity contribution in [2.75, 3.05) is 19.0 Å². The molecular weight excluding hydrogens is 244 g/mol. The molecule has 5 heteroatoms. The Balaban J connectivity index is 2.30. The van der Waals surface area contributed by atoms with E-state index in [0.29, 0.717) is 5.56 Å². The first kappa shape index (κ1) is 12.6. The lowest BCUT2D eigenvalue weighted by Gasteiger charge is -2.16. The standard InChI is InChI=1S/C13H14N4S/c1-15-8-11-9-18-13(16-11)17(2)12-6-4-3-5-10(12)7-14/h3-6,9,15H,8H2,1-2H3. The summed E-state index contributed by atoms with van der Waals surface area (Å²) >= 11 is 1.58. The molecule has 92 valence electrons. The van der Waals surface area contributed by atoms with Gasteiger partial charge in [0.05, 0.1) is 16.9 Å². The largest absolute Gasteiger partial charge is 0.320 e. The number of aromatic nitrogens is 1. The molecule has 0 unspecified atom stereocenters. The topological polar surface area (TPSA) is 52.0 Å². The number of anilines is 2. The summed E-state index contributed by atoms with van der Waals surface area (Å²) in [6.07, 6.45) is 0. The van der Waals surface area contributed by atoms with E-state index in [2.05, 4.69) is 16.4 Å². The quantitative estimate of drug-likeness (QED) is 0.915. The molecule has 2 aromatic rings. The fourth-order valence-corrected chi connectivity index (χ4v) is 2.48. The van der Waals surface area contributed by atoms with Crippen molar-refractivity contribution in [1.82, 2.24) is 10.3 Å². The van der Waals surface area contributed by atoms with Crippen molar-refractivity contribution >= 4 is 22.2 Å². The third kappa shape index (κ3) is 2.50. The summed E-state index contributed by atoms with van der Waals surface area (Å²) in [6, 6.07) is 9.73. The van der Waals surface area contributed by atoms with Crippen LogP contribution in [0, 0.1) is 11.3 Å². The van der Waals surface area contributed by atoms with Crippen molar-refractivity contribution in [3.05, 3.63) is 40.9 Å². The third-order valence-electron chi connectivity index (χ3n) is 2.57. The van der Waals surface area contributed by atoms with Crippen molar-refractivity contribution in [2.24, 2.45) is 0 Å². The third-order valence-corrected chi connectivity index (χ3v) is 3.54. The molecule has 0 bridgehead atoms. The molecule has 2 rings (SSSR count). The van der Waals surface area contributed by atoms with Crippen LogP contribution in [0.15, 0.2) is 29.6 Å². The molecule has 0 saturated carbocycles. The first-order valence-electron chi connectivity index (χ1n) is 5.58. The van der Waals surface area contributed by atoms with Crippen molar-refractivity contribution in [3.8, 4) is 6.07 Å². The fraction of sp³-hybridized carbons (Fsp3) is 0.231.